The first-order valence-electron chi connectivity index (χ1n) is 14.5. The van der Waals surface area contributed by atoms with E-state index in [1.54, 1.807) is 18.6 Å². The van der Waals surface area contributed by atoms with Crippen molar-refractivity contribution in [2.45, 2.75) is 88.6 Å². The Morgan fingerprint density at radius 1 is 1.18 bits per heavy atom. The number of nitrogens with zero attached hydrogens (tertiary/aromatic N) is 4. The van der Waals surface area contributed by atoms with Gasteiger partial charge in [-0.1, -0.05) is 6.42 Å². The number of nitrogens with one attached hydrogen (secondary N) is 2. The summed E-state index contributed by atoms with van der Waals surface area (Å²) in [6.07, 6.45) is 3.24. The normalized spacial score (nSPS) is 34.9. The van der Waals surface area contributed by atoms with Gasteiger partial charge in [0.1, 0.15) is 6.17 Å². The van der Waals surface area contributed by atoms with Gasteiger partial charge in [-0.25, -0.2) is 20.0 Å². The number of hydrogen-bond donors (Lipinski definition) is 2. The zero-order valence-electron chi connectivity index (χ0n) is 23.4. The molecule has 0 amide bonds. The fraction of sp³-hybridized carbons (Fsp3) is 0.750. The van der Waals surface area contributed by atoms with Crippen LogP contribution in [-0.2, 0) is 10.9 Å². The molecule has 2 aromatic rings. The number of likely N-dealkylation sites (tertiary alicyclic amines) is 1. The third-order valence-corrected chi connectivity index (χ3v) is 10.3. The lowest BCUT2D eigenvalue weighted by atomic mass is 9.54. The van der Waals surface area contributed by atoms with Gasteiger partial charge < -0.3 is 4.74 Å². The van der Waals surface area contributed by atoms with Crippen LogP contribution in [0.5, 0.6) is 0 Å². The molecule has 3 unspecified atom stereocenters. The summed E-state index contributed by atoms with van der Waals surface area (Å²) in [4.78, 5) is 17.8. The van der Waals surface area contributed by atoms with Crippen molar-refractivity contribution in [3.8, 4) is 0 Å². The SMILES string of the molecule is COC1CC(C2CCCC(n3cc4c(C(F)(F)F)cc([C@H](C)N5CC[C@@H](F)C5)cn4c3=O)C2)(C2NNCN2C)C1. The first-order chi connectivity index (χ1) is 19.0. The molecule has 12 heteroatoms. The molecule has 6 rings (SSSR count). The highest BCUT2D eigenvalue weighted by molar-refractivity contribution is 5.56. The Balaban J connectivity index is 1.34. The molecule has 2 saturated carbocycles. The van der Waals surface area contributed by atoms with Crippen molar-refractivity contribution in [1.82, 2.24) is 29.6 Å². The molecule has 0 bridgehead atoms. The van der Waals surface area contributed by atoms with Gasteiger partial charge in [-0.15, -0.1) is 0 Å². The lowest BCUT2D eigenvalue weighted by molar-refractivity contribution is -0.140. The van der Waals surface area contributed by atoms with E-state index in [-0.39, 0.29) is 35.8 Å². The minimum absolute atomic E-state index is 0.0376. The van der Waals surface area contributed by atoms with E-state index < -0.39 is 29.6 Å². The highest BCUT2D eigenvalue weighted by atomic mass is 19.4. The Hall–Kier alpha value is -1.99. The van der Waals surface area contributed by atoms with Crippen molar-refractivity contribution in [2.75, 3.05) is 33.9 Å². The Morgan fingerprint density at radius 2 is 1.95 bits per heavy atom. The van der Waals surface area contributed by atoms with E-state index >= 15 is 0 Å². The Morgan fingerprint density at radius 3 is 2.58 bits per heavy atom. The molecular weight excluding hydrogens is 528 g/mol. The van der Waals surface area contributed by atoms with Gasteiger partial charge in [-0.05, 0) is 70.0 Å². The number of halogens is 4. The molecular formula is C28H40F4N6O2. The van der Waals surface area contributed by atoms with E-state index in [1.165, 1.54) is 12.4 Å². The number of rotatable bonds is 6. The van der Waals surface area contributed by atoms with Gasteiger partial charge in [-0.2, -0.15) is 13.2 Å². The van der Waals surface area contributed by atoms with Gasteiger partial charge in [0.2, 0.25) is 0 Å². The lowest BCUT2D eigenvalue weighted by Gasteiger charge is -2.57. The van der Waals surface area contributed by atoms with Crippen LogP contribution in [0.25, 0.3) is 5.52 Å². The van der Waals surface area contributed by atoms with Crippen LogP contribution in [0.1, 0.15) is 75.1 Å². The summed E-state index contributed by atoms with van der Waals surface area (Å²) in [6, 6.07) is 0.524. The van der Waals surface area contributed by atoms with Gasteiger partial charge in [-0.3, -0.25) is 18.8 Å². The topological polar surface area (TPSA) is 66.2 Å². The van der Waals surface area contributed by atoms with Crippen LogP contribution in [-0.4, -0.2) is 71.1 Å². The van der Waals surface area contributed by atoms with Gasteiger partial charge in [0, 0.05) is 50.1 Å². The number of pyridine rings is 1. The average Bonchev–Trinajstić information content (AvgIpc) is 3.61. The molecule has 2 aromatic heterocycles. The summed E-state index contributed by atoms with van der Waals surface area (Å²) < 4.78 is 65.1. The zero-order valence-corrected chi connectivity index (χ0v) is 23.4. The van der Waals surface area contributed by atoms with E-state index in [0.29, 0.717) is 24.4 Å². The van der Waals surface area contributed by atoms with Crippen LogP contribution in [0, 0.1) is 11.3 Å². The Labute approximate surface area is 231 Å². The van der Waals surface area contributed by atoms with Gasteiger partial charge in [0.15, 0.2) is 0 Å². The summed E-state index contributed by atoms with van der Waals surface area (Å²) in [5.41, 5.74) is 5.62. The second kappa shape index (κ2) is 10.4. The molecule has 222 valence electrons. The lowest BCUT2D eigenvalue weighted by Crippen LogP contribution is -2.62. The molecule has 0 aromatic carbocycles. The summed E-state index contributed by atoms with van der Waals surface area (Å²) >= 11 is 0. The van der Waals surface area contributed by atoms with Crippen LogP contribution in [0.2, 0.25) is 0 Å². The van der Waals surface area contributed by atoms with Gasteiger partial charge >= 0.3 is 11.9 Å². The average molecular weight is 569 g/mol. The number of hydrogen-bond acceptors (Lipinski definition) is 6. The number of imidazole rings is 1. The summed E-state index contributed by atoms with van der Waals surface area (Å²) in [7, 11) is 3.82. The molecule has 2 saturated heterocycles. The standard InChI is InChI=1S/C28H40F4N6O2/c1-17(36-8-7-20(29)14-36)18-9-23(28(30,31)32)24-15-37(26(39)38(24)13-18)21-6-4-5-19(10-21)27(11-22(12-27)40-3)25-34-33-16-35(25)2/h9,13,15,17,19-22,25,33-34H,4-8,10-12,14,16H2,1-3H3/t17-,19?,20+,21?,22?,25?,27?/m0/s1. The predicted octanol–water partition coefficient (Wildman–Crippen LogP) is 4.07. The van der Waals surface area contributed by atoms with Crippen LogP contribution < -0.4 is 16.5 Å². The molecule has 4 heterocycles. The van der Waals surface area contributed by atoms with Crippen molar-refractivity contribution >= 4 is 5.52 Å². The van der Waals surface area contributed by atoms with Crippen molar-refractivity contribution in [3.05, 3.63) is 40.1 Å². The fourth-order valence-electron chi connectivity index (χ4n) is 7.97. The summed E-state index contributed by atoms with van der Waals surface area (Å²) in [5.74, 6) is 0.300. The number of ether oxygens (including phenoxy) is 1. The van der Waals surface area contributed by atoms with Crippen LogP contribution in [0.3, 0.4) is 0 Å². The fourth-order valence-corrected chi connectivity index (χ4v) is 7.97. The molecule has 2 aliphatic carbocycles. The van der Waals surface area contributed by atoms with Crippen LogP contribution in [0.15, 0.2) is 23.3 Å². The van der Waals surface area contributed by atoms with Gasteiger partial charge in [0.25, 0.3) is 0 Å². The quantitative estimate of drug-likeness (QED) is 0.513. The minimum atomic E-state index is -4.63. The Kier molecular flexibility index (Phi) is 7.30. The second-order valence-electron chi connectivity index (χ2n) is 12.5. The van der Waals surface area contributed by atoms with E-state index in [1.807, 2.05) is 4.90 Å². The molecule has 40 heavy (non-hydrogen) atoms. The summed E-state index contributed by atoms with van der Waals surface area (Å²) in [6.45, 7) is 3.18. The number of methoxy groups -OCH3 is 1. The maximum Gasteiger partial charge on any atom is 0.418 e. The van der Waals surface area contributed by atoms with E-state index in [2.05, 4.69) is 22.8 Å². The van der Waals surface area contributed by atoms with Crippen molar-refractivity contribution in [2.24, 2.45) is 11.3 Å². The third kappa shape index (κ3) is 4.69. The molecule has 0 radical (unpaired) electrons. The highest BCUT2D eigenvalue weighted by Crippen LogP contribution is 2.57. The maximum atomic E-state index is 14.3. The number of hydrazine groups is 1. The van der Waals surface area contributed by atoms with E-state index in [0.717, 1.165) is 55.7 Å². The van der Waals surface area contributed by atoms with Crippen molar-refractivity contribution in [3.63, 3.8) is 0 Å². The Bertz CT molecular complexity index is 1290. The summed E-state index contributed by atoms with van der Waals surface area (Å²) in [5, 5.41) is 0. The number of alkyl halides is 4. The zero-order chi connectivity index (χ0) is 28.4. The smallest absolute Gasteiger partial charge is 0.381 e. The minimum Gasteiger partial charge on any atom is -0.381 e. The molecule has 5 atom stereocenters. The monoisotopic (exact) mass is 568 g/mol. The largest absolute Gasteiger partial charge is 0.418 e. The molecule has 2 N–H and O–H groups in total. The van der Waals surface area contributed by atoms with Crippen molar-refractivity contribution < 1.29 is 22.3 Å². The molecule has 8 nitrogen and oxygen atoms in total. The van der Waals surface area contributed by atoms with E-state index in [9.17, 15) is 22.4 Å². The van der Waals surface area contributed by atoms with Crippen molar-refractivity contribution in [1.29, 1.82) is 0 Å². The maximum absolute atomic E-state index is 14.3. The van der Waals surface area contributed by atoms with Crippen LogP contribution in [0.4, 0.5) is 17.6 Å². The first kappa shape index (κ1) is 28.1. The van der Waals surface area contributed by atoms with Crippen LogP contribution >= 0.6 is 0 Å². The second-order valence-corrected chi connectivity index (χ2v) is 12.5. The number of fused-ring (bicyclic) bond motifs is 1. The highest BCUT2D eigenvalue weighted by Gasteiger charge is 2.57. The van der Waals surface area contributed by atoms with Gasteiger partial charge in [0.05, 0.1) is 30.0 Å². The number of aromatic nitrogens is 2. The van der Waals surface area contributed by atoms with E-state index in [4.69, 9.17) is 4.74 Å². The molecule has 0 spiro atoms. The molecule has 4 fully saturated rings. The first-order valence-corrected chi connectivity index (χ1v) is 14.5. The molecule has 2 aliphatic heterocycles. The molecule has 4 aliphatic rings. The third-order valence-electron chi connectivity index (χ3n) is 10.3. The predicted molar refractivity (Wildman–Crippen MR) is 142 cm³/mol.